The number of sulfonamides is 1. The second kappa shape index (κ2) is 5.22. The summed E-state index contributed by atoms with van der Waals surface area (Å²) in [4.78, 5) is 8.00. The fourth-order valence-corrected chi connectivity index (χ4v) is 1.64. The molecule has 7 heteroatoms. The third kappa shape index (κ3) is 5.04. The van der Waals surface area contributed by atoms with Crippen molar-refractivity contribution in [3.63, 3.8) is 0 Å². The highest BCUT2D eigenvalue weighted by molar-refractivity contribution is 7.89. The Labute approximate surface area is 94.9 Å². The van der Waals surface area contributed by atoms with Gasteiger partial charge in [0.2, 0.25) is 10.0 Å². The van der Waals surface area contributed by atoms with E-state index in [1.54, 1.807) is 13.8 Å². The van der Waals surface area contributed by atoms with Gasteiger partial charge in [-0.05, 0) is 20.3 Å². The van der Waals surface area contributed by atoms with Gasteiger partial charge in [-0.25, -0.2) is 13.6 Å². The molecule has 0 unspecified atom stereocenters. The van der Waals surface area contributed by atoms with Crippen LogP contribution in [0, 0.1) is 19.9 Å². The van der Waals surface area contributed by atoms with E-state index >= 15 is 0 Å². The van der Waals surface area contributed by atoms with Gasteiger partial charge in [-0.15, -0.1) is 0 Å². The summed E-state index contributed by atoms with van der Waals surface area (Å²) in [5.41, 5.74) is 1.38. The van der Waals surface area contributed by atoms with Gasteiger partial charge >= 0.3 is 6.01 Å². The molecule has 0 fully saturated rings. The van der Waals surface area contributed by atoms with E-state index in [9.17, 15) is 8.42 Å². The molecule has 0 bridgehead atoms. The number of ether oxygens (including phenoxy) is 1. The van der Waals surface area contributed by atoms with Crippen LogP contribution in [0.2, 0.25) is 0 Å². The van der Waals surface area contributed by atoms with Crippen LogP contribution in [0.3, 0.4) is 0 Å². The maximum absolute atomic E-state index is 10.6. The molecule has 0 saturated carbocycles. The maximum Gasteiger partial charge on any atom is 0.316 e. The summed E-state index contributed by atoms with van der Waals surface area (Å²) in [6.45, 7) is 3.79. The number of rotatable bonds is 5. The van der Waals surface area contributed by atoms with Crippen molar-refractivity contribution >= 4 is 10.0 Å². The first-order chi connectivity index (χ1) is 7.37. The Morgan fingerprint density at radius 1 is 1.31 bits per heavy atom. The van der Waals surface area contributed by atoms with Crippen molar-refractivity contribution in [2.75, 3.05) is 12.4 Å². The van der Waals surface area contributed by atoms with Crippen molar-refractivity contribution in [3.8, 4) is 6.01 Å². The van der Waals surface area contributed by atoms with Gasteiger partial charge in [0.05, 0.1) is 23.7 Å². The maximum atomic E-state index is 10.6. The molecule has 6 nitrogen and oxygen atoms in total. The molecule has 0 aliphatic heterocycles. The van der Waals surface area contributed by atoms with Gasteiger partial charge in [0.1, 0.15) is 0 Å². The van der Waals surface area contributed by atoms with Gasteiger partial charge in [-0.2, -0.15) is 9.97 Å². The quantitative estimate of drug-likeness (QED) is 0.733. The SMILES string of the molecule is Cc1[c]c(C)nc(OCCCS(N)(=O)=O)n1. The first kappa shape index (κ1) is 12.9. The highest BCUT2D eigenvalue weighted by Gasteiger charge is 2.04. The molecule has 1 aromatic rings. The van der Waals surface area contributed by atoms with Crippen LogP contribution in [0.25, 0.3) is 0 Å². The summed E-state index contributed by atoms with van der Waals surface area (Å²) < 4.78 is 26.5. The summed E-state index contributed by atoms with van der Waals surface area (Å²) in [6.07, 6.45) is 0.318. The Hall–Kier alpha value is -1.21. The minimum Gasteiger partial charge on any atom is -0.463 e. The molecule has 1 heterocycles. The molecule has 89 valence electrons. The molecule has 0 aliphatic rings. The third-order valence-electron chi connectivity index (χ3n) is 1.69. The zero-order valence-electron chi connectivity index (χ0n) is 9.23. The van der Waals surface area contributed by atoms with Crippen LogP contribution in [0.4, 0.5) is 0 Å². The second-order valence-electron chi connectivity index (χ2n) is 3.37. The lowest BCUT2D eigenvalue weighted by Crippen LogP contribution is -2.18. The van der Waals surface area contributed by atoms with Crippen molar-refractivity contribution in [3.05, 3.63) is 17.5 Å². The smallest absolute Gasteiger partial charge is 0.316 e. The topological polar surface area (TPSA) is 95.2 Å². The van der Waals surface area contributed by atoms with Crippen molar-refractivity contribution in [2.24, 2.45) is 5.14 Å². The van der Waals surface area contributed by atoms with Crippen molar-refractivity contribution < 1.29 is 13.2 Å². The number of primary sulfonamides is 1. The van der Waals surface area contributed by atoms with Crippen molar-refractivity contribution in [1.29, 1.82) is 0 Å². The van der Waals surface area contributed by atoms with Gasteiger partial charge in [0.25, 0.3) is 0 Å². The highest BCUT2D eigenvalue weighted by Crippen LogP contribution is 2.05. The van der Waals surface area contributed by atoms with E-state index in [1.165, 1.54) is 0 Å². The molecule has 0 spiro atoms. The van der Waals surface area contributed by atoms with Crippen LogP contribution >= 0.6 is 0 Å². The molecule has 0 aromatic carbocycles. The Morgan fingerprint density at radius 3 is 2.38 bits per heavy atom. The average molecular weight is 244 g/mol. The van der Waals surface area contributed by atoms with E-state index in [0.717, 1.165) is 0 Å². The standard InChI is InChI=1S/C9H14N3O3S/c1-7-6-8(2)12-9(11-7)15-4-3-5-16(10,13)14/h3-5H2,1-2H3,(H2,10,13,14). The number of nitrogens with two attached hydrogens (primary N) is 1. The van der Waals surface area contributed by atoms with Gasteiger partial charge in [0.15, 0.2) is 0 Å². The molecule has 0 saturated heterocycles. The Bertz CT molecular complexity index is 439. The predicted molar refractivity (Wildman–Crippen MR) is 58.4 cm³/mol. The molecule has 16 heavy (non-hydrogen) atoms. The van der Waals surface area contributed by atoms with Crippen LogP contribution in [0.15, 0.2) is 0 Å². The predicted octanol–water partition coefficient (Wildman–Crippen LogP) is -0.0490. The summed E-state index contributed by atoms with van der Waals surface area (Å²) >= 11 is 0. The number of hydrogen-bond acceptors (Lipinski definition) is 5. The first-order valence-corrected chi connectivity index (χ1v) is 6.46. The number of aryl methyl sites for hydroxylation is 2. The molecular weight excluding hydrogens is 230 g/mol. The molecule has 0 amide bonds. The van der Waals surface area contributed by atoms with Crippen molar-refractivity contribution in [2.45, 2.75) is 20.3 Å². The van der Waals surface area contributed by atoms with E-state index in [0.29, 0.717) is 17.8 Å². The van der Waals surface area contributed by atoms with E-state index < -0.39 is 10.0 Å². The first-order valence-electron chi connectivity index (χ1n) is 4.74. The third-order valence-corrected chi connectivity index (χ3v) is 2.55. The number of aromatic nitrogens is 2. The molecule has 1 radical (unpaired) electrons. The molecule has 1 aromatic heterocycles. The average Bonchev–Trinajstić information content (AvgIpc) is 2.09. The van der Waals surface area contributed by atoms with E-state index in [4.69, 9.17) is 9.88 Å². The summed E-state index contributed by atoms with van der Waals surface area (Å²) in [5, 5.41) is 4.84. The van der Waals surface area contributed by atoms with Crippen molar-refractivity contribution in [1.82, 2.24) is 9.97 Å². The minimum atomic E-state index is -3.42. The van der Waals surface area contributed by atoms with E-state index in [2.05, 4.69) is 16.0 Å². The normalized spacial score (nSPS) is 11.4. The van der Waals surface area contributed by atoms with Gasteiger partial charge in [0, 0.05) is 6.07 Å². The molecule has 0 aliphatic carbocycles. The Kier molecular flexibility index (Phi) is 4.19. The van der Waals surface area contributed by atoms with E-state index in [-0.39, 0.29) is 18.4 Å². The zero-order valence-corrected chi connectivity index (χ0v) is 10.0. The van der Waals surface area contributed by atoms with Crippen LogP contribution in [-0.2, 0) is 10.0 Å². The Balaban J connectivity index is 2.43. The summed E-state index contributed by atoms with van der Waals surface area (Å²) in [6, 6.07) is 3.15. The Morgan fingerprint density at radius 2 is 1.88 bits per heavy atom. The van der Waals surface area contributed by atoms with Crippen LogP contribution in [0.1, 0.15) is 17.8 Å². The molecule has 0 atom stereocenters. The monoisotopic (exact) mass is 244 g/mol. The fourth-order valence-electron chi connectivity index (χ4n) is 1.12. The zero-order chi connectivity index (χ0) is 12.2. The second-order valence-corrected chi connectivity index (χ2v) is 5.10. The van der Waals surface area contributed by atoms with Gasteiger partial charge in [-0.3, -0.25) is 0 Å². The van der Waals surface area contributed by atoms with Crippen LogP contribution < -0.4 is 9.88 Å². The van der Waals surface area contributed by atoms with E-state index in [1.807, 2.05) is 0 Å². The molecular formula is C9H14N3O3S. The van der Waals surface area contributed by atoms with Crippen LogP contribution in [0.5, 0.6) is 6.01 Å². The minimum absolute atomic E-state index is 0.107. The lowest BCUT2D eigenvalue weighted by molar-refractivity contribution is 0.291. The molecule has 1 rings (SSSR count). The number of hydrogen-bond donors (Lipinski definition) is 1. The lowest BCUT2D eigenvalue weighted by Gasteiger charge is -2.04. The summed E-state index contributed by atoms with van der Waals surface area (Å²) in [7, 11) is -3.42. The lowest BCUT2D eigenvalue weighted by atomic mass is 10.4. The summed E-state index contributed by atoms with van der Waals surface area (Å²) in [5.74, 6) is -0.107. The fraction of sp³-hybridized carbons (Fsp3) is 0.556. The van der Waals surface area contributed by atoms with Crippen LogP contribution in [-0.4, -0.2) is 30.7 Å². The molecule has 2 N–H and O–H groups in total. The van der Waals surface area contributed by atoms with Gasteiger partial charge in [-0.1, -0.05) is 0 Å². The highest BCUT2D eigenvalue weighted by atomic mass is 32.2. The van der Waals surface area contributed by atoms with Gasteiger partial charge < -0.3 is 4.74 Å². The largest absolute Gasteiger partial charge is 0.463 e. The number of nitrogens with zero attached hydrogens (tertiary/aromatic N) is 2.